The number of nitrogens with one attached hydrogen (secondary N) is 1. The lowest BCUT2D eigenvalue weighted by Gasteiger charge is -2.15. The highest BCUT2D eigenvalue weighted by Crippen LogP contribution is 2.37. The Morgan fingerprint density at radius 3 is 2.55 bits per heavy atom. The molecule has 0 heterocycles. The number of benzene rings is 3. The lowest BCUT2D eigenvalue weighted by molar-refractivity contribution is 0.0697. The molecule has 0 aliphatic carbocycles. The number of halogens is 2. The van der Waals surface area contributed by atoms with Gasteiger partial charge in [-0.05, 0) is 57.4 Å². The molecule has 3 aromatic rings. The number of rotatable bonds is 8. The van der Waals surface area contributed by atoms with Gasteiger partial charge in [0.05, 0.1) is 27.9 Å². The van der Waals surface area contributed by atoms with Crippen molar-refractivity contribution >= 4 is 39.2 Å². The number of carbonyl (C=O) groups is 1. The number of hydrogen-bond acceptors (Lipinski definition) is 4. The second-order valence-electron chi connectivity index (χ2n) is 6.24. The summed E-state index contributed by atoms with van der Waals surface area (Å²) in [4.78, 5) is 11.2. The second kappa shape index (κ2) is 9.67. The first-order valence-electron chi connectivity index (χ1n) is 8.77. The van der Waals surface area contributed by atoms with Crippen LogP contribution in [0.2, 0.25) is 5.02 Å². The molecular formula is C22H19BrClNO4. The van der Waals surface area contributed by atoms with E-state index >= 15 is 0 Å². The van der Waals surface area contributed by atoms with E-state index in [1.807, 2.05) is 42.5 Å². The average Bonchev–Trinajstić information content (AvgIpc) is 2.72. The quantitative estimate of drug-likeness (QED) is 0.417. The Balaban J connectivity index is 1.75. The van der Waals surface area contributed by atoms with Gasteiger partial charge in [0.25, 0.3) is 0 Å². The second-order valence-corrected chi connectivity index (χ2v) is 7.50. The van der Waals surface area contributed by atoms with Crippen molar-refractivity contribution in [1.29, 1.82) is 0 Å². The number of carboxylic acids is 1. The van der Waals surface area contributed by atoms with Crippen molar-refractivity contribution < 1.29 is 19.4 Å². The van der Waals surface area contributed by atoms with E-state index < -0.39 is 5.97 Å². The van der Waals surface area contributed by atoms with E-state index in [4.69, 9.17) is 26.2 Å². The van der Waals surface area contributed by atoms with Crippen LogP contribution in [0.5, 0.6) is 11.5 Å². The Kier molecular flexibility index (Phi) is 7.01. The Morgan fingerprint density at radius 1 is 1.10 bits per heavy atom. The van der Waals surface area contributed by atoms with Crippen LogP contribution >= 0.6 is 27.5 Å². The summed E-state index contributed by atoms with van der Waals surface area (Å²) in [7, 11) is 1.58. The van der Waals surface area contributed by atoms with Gasteiger partial charge in [-0.2, -0.15) is 0 Å². The number of methoxy groups -OCH3 is 1. The Hall–Kier alpha value is -2.70. The molecule has 0 aromatic heterocycles. The van der Waals surface area contributed by atoms with Crippen LogP contribution in [-0.2, 0) is 13.2 Å². The van der Waals surface area contributed by atoms with Crippen molar-refractivity contribution in [3.05, 3.63) is 86.8 Å². The van der Waals surface area contributed by atoms with Gasteiger partial charge >= 0.3 is 5.97 Å². The van der Waals surface area contributed by atoms with Crippen LogP contribution in [0.3, 0.4) is 0 Å². The third kappa shape index (κ3) is 5.43. The molecule has 2 N–H and O–H groups in total. The lowest BCUT2D eigenvalue weighted by Crippen LogP contribution is -2.04. The van der Waals surface area contributed by atoms with Gasteiger partial charge in [-0.1, -0.05) is 41.9 Å². The van der Waals surface area contributed by atoms with Gasteiger partial charge in [0.1, 0.15) is 6.61 Å². The van der Waals surface area contributed by atoms with Crippen molar-refractivity contribution in [2.75, 3.05) is 12.4 Å². The van der Waals surface area contributed by atoms with E-state index in [0.717, 1.165) is 15.6 Å². The average molecular weight is 477 g/mol. The van der Waals surface area contributed by atoms with Gasteiger partial charge in [-0.15, -0.1) is 0 Å². The molecule has 3 rings (SSSR count). The predicted molar refractivity (Wildman–Crippen MR) is 117 cm³/mol. The fourth-order valence-electron chi connectivity index (χ4n) is 2.74. The third-order valence-electron chi connectivity index (χ3n) is 4.21. The maximum Gasteiger partial charge on any atom is 0.335 e. The Morgan fingerprint density at radius 2 is 1.86 bits per heavy atom. The van der Waals surface area contributed by atoms with Crippen molar-refractivity contribution in [2.45, 2.75) is 13.2 Å². The lowest BCUT2D eigenvalue weighted by atomic mass is 10.1. The van der Waals surface area contributed by atoms with E-state index in [0.29, 0.717) is 35.4 Å². The molecule has 0 spiro atoms. The van der Waals surface area contributed by atoms with Crippen LogP contribution in [0.1, 0.15) is 21.5 Å². The minimum Gasteiger partial charge on any atom is -0.493 e. The van der Waals surface area contributed by atoms with E-state index in [2.05, 4.69) is 21.2 Å². The summed E-state index contributed by atoms with van der Waals surface area (Å²) in [5.41, 5.74) is 2.68. The van der Waals surface area contributed by atoms with E-state index in [1.165, 1.54) is 12.1 Å². The van der Waals surface area contributed by atoms with Gasteiger partial charge in [0, 0.05) is 6.54 Å². The van der Waals surface area contributed by atoms with Crippen molar-refractivity contribution in [1.82, 2.24) is 0 Å². The molecular weight excluding hydrogens is 458 g/mol. The molecule has 0 fully saturated rings. The molecule has 150 valence electrons. The van der Waals surface area contributed by atoms with Crippen molar-refractivity contribution in [3.63, 3.8) is 0 Å². The molecule has 7 heteroatoms. The summed E-state index contributed by atoms with van der Waals surface area (Å²) in [5, 5.41) is 12.8. The molecule has 0 amide bonds. The summed E-state index contributed by atoms with van der Waals surface area (Å²) in [6, 6.07) is 18.2. The summed E-state index contributed by atoms with van der Waals surface area (Å²) in [6.45, 7) is 0.849. The maximum atomic E-state index is 11.2. The highest BCUT2D eigenvalue weighted by atomic mass is 79.9. The molecule has 0 radical (unpaired) electrons. The SMILES string of the molecule is COc1cc(CNc2cc(C(=O)O)ccc2Cl)cc(Br)c1OCc1ccccc1. The topological polar surface area (TPSA) is 67.8 Å². The minimum atomic E-state index is -1.01. The van der Waals surface area contributed by atoms with Crippen LogP contribution < -0.4 is 14.8 Å². The molecule has 5 nitrogen and oxygen atoms in total. The zero-order chi connectivity index (χ0) is 20.8. The highest BCUT2D eigenvalue weighted by molar-refractivity contribution is 9.10. The Labute approximate surface area is 182 Å². The molecule has 0 atom stereocenters. The number of carboxylic acid groups (broad SMARTS) is 1. The largest absolute Gasteiger partial charge is 0.493 e. The first kappa shape index (κ1) is 21.0. The van der Waals surface area contributed by atoms with Crippen LogP contribution in [0, 0.1) is 0 Å². The smallest absolute Gasteiger partial charge is 0.335 e. The zero-order valence-electron chi connectivity index (χ0n) is 15.6. The van der Waals surface area contributed by atoms with Crippen molar-refractivity contribution in [3.8, 4) is 11.5 Å². The number of anilines is 1. The summed E-state index contributed by atoms with van der Waals surface area (Å²) in [6.07, 6.45) is 0. The molecule has 29 heavy (non-hydrogen) atoms. The third-order valence-corrected chi connectivity index (χ3v) is 5.13. The molecule has 0 bridgehead atoms. The van der Waals surface area contributed by atoms with Crippen LogP contribution in [0.25, 0.3) is 0 Å². The fourth-order valence-corrected chi connectivity index (χ4v) is 3.52. The predicted octanol–water partition coefficient (Wildman–Crippen LogP) is 6.00. The van der Waals surface area contributed by atoms with Crippen LogP contribution in [0.4, 0.5) is 5.69 Å². The van der Waals surface area contributed by atoms with E-state index in [9.17, 15) is 4.79 Å². The van der Waals surface area contributed by atoms with Gasteiger partial charge < -0.3 is 19.9 Å². The van der Waals surface area contributed by atoms with Crippen LogP contribution in [0.15, 0.2) is 65.1 Å². The van der Waals surface area contributed by atoms with Crippen LogP contribution in [-0.4, -0.2) is 18.2 Å². The first-order valence-corrected chi connectivity index (χ1v) is 9.95. The number of ether oxygens (including phenoxy) is 2. The maximum absolute atomic E-state index is 11.2. The van der Waals surface area contributed by atoms with Crippen molar-refractivity contribution in [2.24, 2.45) is 0 Å². The normalized spacial score (nSPS) is 10.4. The van der Waals surface area contributed by atoms with E-state index in [1.54, 1.807) is 13.2 Å². The Bertz CT molecular complexity index is 1010. The summed E-state index contributed by atoms with van der Waals surface area (Å²) >= 11 is 9.72. The summed E-state index contributed by atoms with van der Waals surface area (Å²) in [5.74, 6) is 0.206. The molecule has 0 aliphatic heterocycles. The number of hydrogen-bond donors (Lipinski definition) is 2. The number of aromatic carboxylic acids is 1. The molecule has 0 saturated carbocycles. The summed E-state index contributed by atoms with van der Waals surface area (Å²) < 4.78 is 12.2. The molecule has 0 unspecified atom stereocenters. The minimum absolute atomic E-state index is 0.167. The van der Waals surface area contributed by atoms with Gasteiger partial charge in [-0.3, -0.25) is 0 Å². The standard InChI is InChI=1S/C22H19BrClNO4/c1-28-20-10-15(12-25-19-11-16(22(26)27)7-8-18(19)24)9-17(23)21(20)29-13-14-5-3-2-4-6-14/h2-11,25H,12-13H2,1H3,(H,26,27). The van der Waals surface area contributed by atoms with Gasteiger partial charge in [0.15, 0.2) is 11.5 Å². The molecule has 0 aliphatic rings. The van der Waals surface area contributed by atoms with Gasteiger partial charge in [-0.25, -0.2) is 4.79 Å². The fraction of sp³-hybridized carbons (Fsp3) is 0.136. The van der Waals surface area contributed by atoms with Gasteiger partial charge in [0.2, 0.25) is 0 Å². The molecule has 3 aromatic carbocycles. The molecule has 0 saturated heterocycles. The first-order chi connectivity index (χ1) is 14.0. The monoisotopic (exact) mass is 475 g/mol. The van der Waals surface area contributed by atoms with E-state index in [-0.39, 0.29) is 5.56 Å². The highest BCUT2D eigenvalue weighted by Gasteiger charge is 2.13. The zero-order valence-corrected chi connectivity index (χ0v) is 18.0.